The molecule has 2 rings (SSSR count). The van der Waals surface area contributed by atoms with Crippen molar-refractivity contribution in [1.29, 1.82) is 0 Å². The van der Waals surface area contributed by atoms with Gasteiger partial charge >= 0.3 is 6.03 Å². The van der Waals surface area contributed by atoms with Crippen molar-refractivity contribution in [3.63, 3.8) is 0 Å². The van der Waals surface area contributed by atoms with Crippen LogP contribution in [0.4, 0.5) is 4.79 Å². The van der Waals surface area contributed by atoms with E-state index in [9.17, 15) is 4.79 Å². The van der Waals surface area contributed by atoms with Crippen molar-refractivity contribution in [2.24, 2.45) is 0 Å². The zero-order valence-corrected chi connectivity index (χ0v) is 15.3. The van der Waals surface area contributed by atoms with Crippen LogP contribution in [0.3, 0.4) is 0 Å². The highest BCUT2D eigenvalue weighted by molar-refractivity contribution is 5.73. The first-order valence-corrected chi connectivity index (χ1v) is 8.76. The topological polar surface area (TPSA) is 71.0 Å². The number of benzene rings is 1. The predicted molar refractivity (Wildman–Crippen MR) is 100 cm³/mol. The molecule has 0 radical (unpaired) electrons. The maximum atomic E-state index is 11.9. The molecule has 0 bridgehead atoms. The Kier molecular flexibility index (Phi) is 7.01. The van der Waals surface area contributed by atoms with E-state index in [-0.39, 0.29) is 17.6 Å². The van der Waals surface area contributed by atoms with Gasteiger partial charge in [0.05, 0.1) is 6.33 Å². The molecule has 1 aromatic heterocycles. The van der Waals surface area contributed by atoms with Crippen LogP contribution in [0.5, 0.6) is 0 Å². The number of urea groups is 1. The molecule has 0 aliphatic carbocycles. The number of aromatic nitrogens is 2. The van der Waals surface area contributed by atoms with Gasteiger partial charge in [-0.05, 0) is 32.8 Å². The van der Waals surface area contributed by atoms with Crippen LogP contribution in [0.15, 0.2) is 49.1 Å². The van der Waals surface area contributed by atoms with Crippen molar-refractivity contribution in [2.75, 3.05) is 13.1 Å². The fourth-order valence-corrected chi connectivity index (χ4v) is 2.71. The second-order valence-electron chi connectivity index (χ2n) is 6.92. The molecule has 25 heavy (non-hydrogen) atoms. The smallest absolute Gasteiger partial charge is 0.314 e. The van der Waals surface area contributed by atoms with E-state index in [0.29, 0.717) is 13.1 Å². The molecule has 6 nitrogen and oxygen atoms in total. The molecule has 6 heteroatoms. The van der Waals surface area contributed by atoms with E-state index in [1.54, 1.807) is 12.5 Å². The van der Waals surface area contributed by atoms with Crippen molar-refractivity contribution < 1.29 is 4.79 Å². The van der Waals surface area contributed by atoms with Crippen LogP contribution in [-0.2, 0) is 6.54 Å². The van der Waals surface area contributed by atoms with Gasteiger partial charge in [0.1, 0.15) is 0 Å². The van der Waals surface area contributed by atoms with Crippen LogP contribution >= 0.6 is 0 Å². The number of imidazole rings is 1. The largest absolute Gasteiger partial charge is 0.338 e. The lowest BCUT2D eigenvalue weighted by molar-refractivity contribution is 0.234. The molecule has 0 saturated heterocycles. The third-order valence-electron chi connectivity index (χ3n) is 4.04. The summed E-state index contributed by atoms with van der Waals surface area (Å²) in [5, 5.41) is 9.39. The fraction of sp³-hybridized carbons (Fsp3) is 0.474. The quantitative estimate of drug-likeness (QED) is 0.613. The Bertz CT molecular complexity index is 625. The Morgan fingerprint density at radius 2 is 2.00 bits per heavy atom. The summed E-state index contributed by atoms with van der Waals surface area (Å²) in [6.45, 7) is 8.35. The molecule has 0 saturated carbocycles. The number of rotatable bonds is 9. The van der Waals surface area contributed by atoms with Gasteiger partial charge in [0.15, 0.2) is 0 Å². The molecule has 2 amide bonds. The molecule has 0 fully saturated rings. The number of nitrogens with zero attached hydrogens (tertiary/aromatic N) is 2. The summed E-state index contributed by atoms with van der Waals surface area (Å²) in [5.74, 6) is 0. The van der Waals surface area contributed by atoms with Gasteiger partial charge in [-0.2, -0.15) is 0 Å². The molecule has 1 heterocycles. The van der Waals surface area contributed by atoms with Crippen LogP contribution in [0.25, 0.3) is 0 Å². The third-order valence-corrected chi connectivity index (χ3v) is 4.04. The number of hydrogen-bond acceptors (Lipinski definition) is 3. The van der Waals surface area contributed by atoms with Crippen LogP contribution < -0.4 is 16.0 Å². The minimum absolute atomic E-state index is 0.132. The van der Waals surface area contributed by atoms with Gasteiger partial charge < -0.3 is 20.5 Å². The van der Waals surface area contributed by atoms with E-state index >= 15 is 0 Å². The lowest BCUT2D eigenvalue weighted by Gasteiger charge is -2.30. The van der Waals surface area contributed by atoms with E-state index in [2.05, 4.69) is 53.8 Å². The Labute approximate surface area is 150 Å². The van der Waals surface area contributed by atoms with Crippen LogP contribution in [-0.4, -0.2) is 34.2 Å². The summed E-state index contributed by atoms with van der Waals surface area (Å²) in [5.41, 5.74) is 1.03. The van der Waals surface area contributed by atoms with E-state index in [1.807, 2.05) is 29.0 Å². The number of amides is 2. The third kappa shape index (κ3) is 6.97. The molecule has 1 aromatic carbocycles. The highest BCUT2D eigenvalue weighted by Crippen LogP contribution is 2.15. The molecular formula is C19H29N5O. The van der Waals surface area contributed by atoms with Crippen molar-refractivity contribution in [1.82, 2.24) is 25.5 Å². The Morgan fingerprint density at radius 1 is 1.24 bits per heavy atom. The van der Waals surface area contributed by atoms with Crippen LogP contribution in [0, 0.1) is 0 Å². The first-order chi connectivity index (χ1) is 12.0. The molecular weight excluding hydrogens is 314 g/mol. The average molecular weight is 343 g/mol. The van der Waals surface area contributed by atoms with Gasteiger partial charge in [-0.3, -0.25) is 0 Å². The van der Waals surface area contributed by atoms with Gasteiger partial charge in [-0.25, -0.2) is 9.78 Å². The average Bonchev–Trinajstić information content (AvgIpc) is 3.11. The highest BCUT2D eigenvalue weighted by atomic mass is 16.2. The van der Waals surface area contributed by atoms with Crippen LogP contribution in [0.1, 0.15) is 38.8 Å². The first-order valence-electron chi connectivity index (χ1n) is 8.76. The number of carbonyl (C=O) groups excluding carboxylic acids is 1. The summed E-state index contributed by atoms with van der Waals surface area (Å²) in [7, 11) is 0. The molecule has 136 valence electrons. The van der Waals surface area contributed by atoms with Crippen molar-refractivity contribution in [3.8, 4) is 0 Å². The summed E-state index contributed by atoms with van der Waals surface area (Å²) in [4.78, 5) is 15.9. The lowest BCUT2D eigenvalue weighted by Crippen LogP contribution is -2.51. The van der Waals surface area contributed by atoms with Gasteiger partial charge in [0.25, 0.3) is 0 Å². The maximum Gasteiger partial charge on any atom is 0.314 e. The molecule has 0 aliphatic heterocycles. The van der Waals surface area contributed by atoms with Crippen LogP contribution in [0.2, 0.25) is 0 Å². The summed E-state index contributed by atoms with van der Waals surface area (Å²) in [6.07, 6.45) is 6.33. The number of carbonyl (C=O) groups is 1. The van der Waals surface area contributed by atoms with Crippen molar-refractivity contribution in [3.05, 3.63) is 54.6 Å². The molecule has 0 unspecified atom stereocenters. The fourth-order valence-electron chi connectivity index (χ4n) is 2.71. The SMILES string of the molecule is C[C@@H](NC(C)(C)CNC(=O)NCCCn1ccnc1)c1ccccc1. The van der Waals surface area contributed by atoms with E-state index < -0.39 is 0 Å². The minimum atomic E-state index is -0.205. The number of aryl methyl sites for hydroxylation is 1. The van der Waals surface area contributed by atoms with Gasteiger partial charge in [0.2, 0.25) is 0 Å². The minimum Gasteiger partial charge on any atom is -0.338 e. The van der Waals surface area contributed by atoms with Crippen molar-refractivity contribution >= 4 is 6.03 Å². The van der Waals surface area contributed by atoms with Crippen molar-refractivity contribution in [2.45, 2.75) is 45.3 Å². The number of hydrogen-bond donors (Lipinski definition) is 3. The standard InChI is InChI=1S/C19H29N5O/c1-16(17-8-5-4-6-9-17)23-19(2,3)14-22-18(25)21-10-7-12-24-13-11-20-15-24/h4-6,8-9,11,13,15-16,23H,7,10,12,14H2,1-3H3,(H2,21,22,25)/t16-/m1/s1. The first kappa shape index (κ1) is 19.0. The normalized spacial score (nSPS) is 12.6. The second-order valence-corrected chi connectivity index (χ2v) is 6.92. The van der Waals surface area contributed by atoms with Gasteiger partial charge in [0, 0.05) is 43.6 Å². The molecule has 2 aromatic rings. The van der Waals surface area contributed by atoms with E-state index in [1.165, 1.54) is 5.56 Å². The lowest BCUT2D eigenvalue weighted by atomic mass is 10.0. The highest BCUT2D eigenvalue weighted by Gasteiger charge is 2.21. The Balaban J connectivity index is 1.65. The monoisotopic (exact) mass is 343 g/mol. The maximum absolute atomic E-state index is 11.9. The van der Waals surface area contributed by atoms with E-state index in [0.717, 1.165) is 13.0 Å². The molecule has 0 spiro atoms. The molecule has 0 aliphatic rings. The van der Waals surface area contributed by atoms with E-state index in [4.69, 9.17) is 0 Å². The van der Waals surface area contributed by atoms with Gasteiger partial charge in [-0.15, -0.1) is 0 Å². The predicted octanol–water partition coefficient (Wildman–Crippen LogP) is 2.70. The second kappa shape index (κ2) is 9.22. The zero-order chi connectivity index (χ0) is 18.1. The molecule has 1 atom stereocenters. The van der Waals surface area contributed by atoms with Gasteiger partial charge in [-0.1, -0.05) is 30.3 Å². The zero-order valence-electron chi connectivity index (χ0n) is 15.3. The summed E-state index contributed by atoms with van der Waals surface area (Å²) in [6, 6.07) is 10.4. The summed E-state index contributed by atoms with van der Waals surface area (Å²) >= 11 is 0. The molecule has 3 N–H and O–H groups in total. The Hall–Kier alpha value is -2.34. The summed E-state index contributed by atoms with van der Waals surface area (Å²) < 4.78 is 2.00. The Morgan fingerprint density at radius 3 is 2.68 bits per heavy atom. The number of nitrogens with one attached hydrogen (secondary N) is 3.